The van der Waals surface area contributed by atoms with Gasteiger partial charge < -0.3 is 41.0 Å². The van der Waals surface area contributed by atoms with Crippen molar-refractivity contribution in [2.45, 2.75) is 50.9 Å². The summed E-state index contributed by atoms with van der Waals surface area (Å²) in [6.07, 6.45) is 0.0952. The first-order chi connectivity index (χ1) is 12.2. The number of unbranched alkanes of at least 4 members (excludes halogenated alkanes) is 2. The van der Waals surface area contributed by atoms with E-state index in [1.54, 1.807) is 0 Å². The van der Waals surface area contributed by atoms with Crippen LogP contribution in [0.5, 0.6) is 0 Å². The molecule has 0 spiro atoms. The molecule has 0 fully saturated rings. The molecule has 11 nitrogen and oxygen atoms in total. The number of nitrogens with one attached hydrogen (secondary N) is 1. The summed E-state index contributed by atoms with van der Waals surface area (Å²) < 4.78 is 0. The van der Waals surface area contributed by atoms with Gasteiger partial charge in [-0.2, -0.15) is 4.98 Å². The number of aliphatic hydroxyl groups is 4. The van der Waals surface area contributed by atoms with E-state index < -0.39 is 36.6 Å². The lowest BCUT2D eigenvalue weighted by Gasteiger charge is -2.16. The third-order valence-electron chi connectivity index (χ3n) is 2.76. The van der Waals surface area contributed by atoms with Crippen LogP contribution in [0, 0.1) is 0 Å². The van der Waals surface area contributed by atoms with Crippen molar-refractivity contribution in [3.8, 4) is 0 Å². The Morgan fingerprint density at radius 1 is 1.35 bits per heavy atom. The first kappa shape index (κ1) is 25.9. The fraction of sp³-hybridized carbons (Fsp3) is 0.600. The Bertz CT molecular complexity index is 552. The summed E-state index contributed by atoms with van der Waals surface area (Å²) in [4.78, 5) is 35.5. The number of aldehydes is 1. The van der Waals surface area contributed by atoms with Crippen LogP contribution < -0.4 is 11.4 Å². The summed E-state index contributed by atoms with van der Waals surface area (Å²) in [5.41, 5.74) is 4.72. The number of aromatic nitrogens is 2. The lowest BCUT2D eigenvalue weighted by atomic mass is 10.1. The number of rotatable bonds is 8. The number of nitrogens with two attached hydrogens (primary N) is 1. The zero-order valence-electron chi connectivity index (χ0n) is 14.5. The van der Waals surface area contributed by atoms with Crippen LogP contribution >= 0.6 is 0 Å². The molecule has 0 aliphatic carbocycles. The Balaban J connectivity index is 0. The maximum Gasteiger partial charge on any atom is 0.346 e. The molecule has 1 aromatic rings. The molecule has 26 heavy (non-hydrogen) atoms. The normalized spacial score (nSPS) is 13.1. The van der Waals surface area contributed by atoms with E-state index in [1.165, 1.54) is 12.3 Å². The van der Waals surface area contributed by atoms with Crippen LogP contribution in [0.2, 0.25) is 0 Å². The van der Waals surface area contributed by atoms with Gasteiger partial charge in [0, 0.05) is 12.6 Å². The number of carboxylic acid groups (broad SMARTS) is 1. The molecule has 0 bridgehead atoms. The lowest BCUT2D eigenvalue weighted by molar-refractivity contribution is -0.137. The van der Waals surface area contributed by atoms with Gasteiger partial charge in [-0.15, -0.1) is 0 Å². The van der Waals surface area contributed by atoms with Gasteiger partial charge in [0.2, 0.25) is 0 Å². The monoisotopic (exact) mass is 377 g/mol. The van der Waals surface area contributed by atoms with Gasteiger partial charge in [-0.25, -0.2) is 4.79 Å². The number of anilines is 1. The number of carboxylic acids is 1. The largest absolute Gasteiger partial charge is 0.481 e. The molecule has 1 heterocycles. The van der Waals surface area contributed by atoms with Gasteiger partial charge in [0.15, 0.2) is 6.29 Å². The fourth-order valence-electron chi connectivity index (χ4n) is 1.33. The number of aliphatic hydroxyl groups excluding tert-OH is 4. The number of nitrogens with zero attached hydrogens (tertiary/aromatic N) is 1. The van der Waals surface area contributed by atoms with Gasteiger partial charge in [0.05, 0.1) is 6.61 Å². The number of hydrogen-bond donors (Lipinski definition) is 7. The minimum Gasteiger partial charge on any atom is -0.481 e. The van der Waals surface area contributed by atoms with Crippen LogP contribution in [0.4, 0.5) is 5.82 Å². The summed E-state index contributed by atoms with van der Waals surface area (Å²) in [5.74, 6) is -0.438. The Morgan fingerprint density at radius 2 is 1.96 bits per heavy atom. The Hall–Kier alpha value is -2.34. The third-order valence-corrected chi connectivity index (χ3v) is 2.76. The minimum absolute atomic E-state index is 0.0869. The van der Waals surface area contributed by atoms with E-state index in [-0.39, 0.29) is 12.1 Å². The van der Waals surface area contributed by atoms with Gasteiger partial charge in [0.25, 0.3) is 0 Å². The van der Waals surface area contributed by atoms with Crippen molar-refractivity contribution in [2.75, 3.05) is 12.3 Å². The number of nitrogen functional groups attached to an aromatic ring is 1. The van der Waals surface area contributed by atoms with Crippen molar-refractivity contribution in [1.29, 1.82) is 0 Å². The predicted octanol–water partition coefficient (Wildman–Crippen LogP) is -1.74. The molecule has 0 aliphatic rings. The summed E-state index contributed by atoms with van der Waals surface area (Å²) in [6, 6.07) is 1.52. The highest BCUT2D eigenvalue weighted by Gasteiger charge is 2.22. The Labute approximate surface area is 150 Å². The van der Waals surface area contributed by atoms with Gasteiger partial charge in [0.1, 0.15) is 24.1 Å². The molecule has 0 saturated carbocycles. The highest BCUT2D eigenvalue weighted by atomic mass is 16.4. The Morgan fingerprint density at radius 3 is 2.31 bits per heavy atom. The van der Waals surface area contributed by atoms with Crippen LogP contribution in [0.3, 0.4) is 0 Å². The molecule has 0 amide bonds. The van der Waals surface area contributed by atoms with Gasteiger partial charge in [-0.3, -0.25) is 4.79 Å². The Kier molecular flexibility index (Phi) is 16.1. The molecule has 0 aliphatic heterocycles. The lowest BCUT2D eigenvalue weighted by Crippen LogP contribution is -2.40. The van der Waals surface area contributed by atoms with E-state index in [2.05, 4.69) is 16.9 Å². The van der Waals surface area contributed by atoms with Crippen LogP contribution in [0.1, 0.15) is 32.6 Å². The first-order valence-electron chi connectivity index (χ1n) is 7.82. The van der Waals surface area contributed by atoms with E-state index in [4.69, 9.17) is 31.3 Å². The molecule has 11 heteroatoms. The average molecular weight is 377 g/mol. The highest BCUT2D eigenvalue weighted by Crippen LogP contribution is 1.97. The second-order valence-electron chi connectivity index (χ2n) is 5.04. The maximum atomic E-state index is 10.2. The molecule has 1 aromatic heterocycles. The van der Waals surface area contributed by atoms with Gasteiger partial charge in [-0.05, 0) is 12.5 Å². The van der Waals surface area contributed by atoms with E-state index in [9.17, 15) is 14.4 Å². The number of H-pyrrole nitrogens is 1. The van der Waals surface area contributed by atoms with E-state index >= 15 is 0 Å². The molecular weight excluding hydrogens is 350 g/mol. The molecule has 0 saturated heterocycles. The summed E-state index contributed by atoms with van der Waals surface area (Å²) in [6.45, 7) is 1.37. The van der Waals surface area contributed by atoms with E-state index in [0.29, 0.717) is 6.42 Å². The number of hydrogen-bond acceptors (Lipinski definition) is 9. The summed E-state index contributed by atoms with van der Waals surface area (Å²) >= 11 is 0. The molecular formula is C15H27N3O8. The van der Waals surface area contributed by atoms with Crippen molar-refractivity contribution in [3.05, 3.63) is 22.7 Å². The van der Waals surface area contributed by atoms with E-state index in [1.807, 2.05) is 0 Å². The molecule has 3 unspecified atom stereocenters. The standard InChI is InChI=1S/C6H12O2.C5H10O5.C4H5N3O/c1-2-3-4-5-6(7)8;6-1-3(8)5(10)4(9)2-7;5-3-1-2-6-4(8)7-3/h2-5H2,1H3,(H,7,8);1,3-5,7-10H,2H2;1-2H,(H3,5,6,7,8). The third kappa shape index (κ3) is 15.2. The molecule has 3 atom stereocenters. The van der Waals surface area contributed by atoms with Crippen molar-refractivity contribution >= 4 is 18.1 Å². The van der Waals surface area contributed by atoms with Crippen molar-refractivity contribution in [3.63, 3.8) is 0 Å². The predicted molar refractivity (Wildman–Crippen MR) is 92.2 cm³/mol. The van der Waals surface area contributed by atoms with Gasteiger partial charge in [-0.1, -0.05) is 19.8 Å². The number of aliphatic carboxylic acids is 1. The number of aromatic amines is 1. The zero-order chi connectivity index (χ0) is 20.5. The quantitative estimate of drug-likeness (QED) is 0.201. The molecule has 0 aromatic carbocycles. The maximum absolute atomic E-state index is 10.2. The second kappa shape index (κ2) is 16.1. The van der Waals surface area contributed by atoms with Gasteiger partial charge >= 0.3 is 11.7 Å². The summed E-state index contributed by atoms with van der Waals surface area (Å²) in [5, 5.41) is 42.2. The fourth-order valence-corrected chi connectivity index (χ4v) is 1.33. The number of carbonyl (C=O) groups is 2. The minimum atomic E-state index is -1.64. The van der Waals surface area contributed by atoms with Crippen LogP contribution in [-0.4, -0.2) is 72.7 Å². The van der Waals surface area contributed by atoms with Crippen LogP contribution in [0.15, 0.2) is 17.1 Å². The van der Waals surface area contributed by atoms with Crippen molar-refractivity contribution in [1.82, 2.24) is 9.97 Å². The smallest absolute Gasteiger partial charge is 0.346 e. The SMILES string of the molecule is CCCCCC(=O)O.Nc1cc[nH]c(=O)n1.O=CC(O)C(O)C(O)CO. The number of carbonyl (C=O) groups excluding carboxylic acids is 1. The first-order valence-corrected chi connectivity index (χ1v) is 7.82. The van der Waals surface area contributed by atoms with E-state index in [0.717, 1.165) is 19.3 Å². The molecule has 8 N–H and O–H groups in total. The topological polar surface area (TPSA) is 207 Å². The van der Waals surface area contributed by atoms with Crippen molar-refractivity contribution < 1.29 is 35.1 Å². The summed E-state index contributed by atoms with van der Waals surface area (Å²) in [7, 11) is 0. The second-order valence-corrected chi connectivity index (χ2v) is 5.04. The molecule has 150 valence electrons. The van der Waals surface area contributed by atoms with Crippen LogP contribution in [0.25, 0.3) is 0 Å². The zero-order valence-corrected chi connectivity index (χ0v) is 14.5. The molecule has 1 rings (SSSR count). The highest BCUT2D eigenvalue weighted by molar-refractivity contribution is 5.66. The van der Waals surface area contributed by atoms with Crippen molar-refractivity contribution in [2.24, 2.45) is 0 Å². The van der Waals surface area contributed by atoms with Crippen LogP contribution in [-0.2, 0) is 9.59 Å². The average Bonchev–Trinajstić information content (AvgIpc) is 2.60. The molecule has 0 radical (unpaired) electrons.